The molecule has 0 spiro atoms. The Balaban J connectivity index is 2.38. The third-order valence-electron chi connectivity index (χ3n) is 3.87. The predicted molar refractivity (Wildman–Crippen MR) is 75.8 cm³/mol. The lowest BCUT2D eigenvalue weighted by Gasteiger charge is -2.26. The van der Waals surface area contributed by atoms with Gasteiger partial charge in [-0.3, -0.25) is 4.90 Å². The summed E-state index contributed by atoms with van der Waals surface area (Å²) in [5.74, 6) is 0. The fourth-order valence-electron chi connectivity index (χ4n) is 2.77. The van der Waals surface area contributed by atoms with E-state index in [0.717, 1.165) is 45.4 Å². The Hall–Kier alpha value is -0.770. The Kier molecular flexibility index (Phi) is 6.47. The fourth-order valence-corrected chi connectivity index (χ4v) is 2.77. The minimum absolute atomic E-state index is 0.116. The first kappa shape index (κ1) is 15.3. The molecule has 0 radical (unpaired) electrons. The zero-order chi connectivity index (χ0) is 13.5. The molecule has 18 heavy (non-hydrogen) atoms. The molecule has 4 nitrogen and oxygen atoms in total. The molecule has 106 valence electrons. The second-order valence-corrected chi connectivity index (χ2v) is 5.25. The number of hydrogen-bond donors (Lipinski definition) is 1. The molecular formula is C14H29N3O. The van der Waals surface area contributed by atoms with E-state index in [9.17, 15) is 4.79 Å². The van der Waals surface area contributed by atoms with Crippen LogP contribution in [-0.2, 0) is 0 Å². The maximum absolute atomic E-state index is 12.1. The summed E-state index contributed by atoms with van der Waals surface area (Å²) in [7, 11) is 0. The van der Waals surface area contributed by atoms with Crippen LogP contribution < -0.4 is 5.32 Å². The van der Waals surface area contributed by atoms with Gasteiger partial charge in [0.2, 0.25) is 0 Å². The average Bonchev–Trinajstić information content (AvgIpc) is 2.80. The van der Waals surface area contributed by atoms with Crippen LogP contribution >= 0.6 is 0 Å². The monoisotopic (exact) mass is 255 g/mol. The van der Waals surface area contributed by atoms with Crippen LogP contribution in [0.4, 0.5) is 4.79 Å². The third kappa shape index (κ3) is 4.16. The summed E-state index contributed by atoms with van der Waals surface area (Å²) in [6, 6.07) is 0.952. The van der Waals surface area contributed by atoms with Crippen molar-refractivity contribution in [3.05, 3.63) is 0 Å². The quantitative estimate of drug-likeness (QED) is 0.790. The highest BCUT2D eigenvalue weighted by Gasteiger charge is 2.29. The topological polar surface area (TPSA) is 35.6 Å². The smallest absolute Gasteiger partial charge is 0.317 e. The number of carbonyl (C=O) groups excluding carboxylic acids is 1. The highest BCUT2D eigenvalue weighted by molar-refractivity contribution is 5.74. The van der Waals surface area contributed by atoms with E-state index in [1.54, 1.807) is 0 Å². The molecule has 1 aliphatic rings. The maximum Gasteiger partial charge on any atom is 0.317 e. The molecule has 0 unspecified atom stereocenters. The van der Waals surface area contributed by atoms with Crippen molar-refractivity contribution in [2.75, 3.05) is 26.2 Å². The normalized spacial score (nSPS) is 21.4. The van der Waals surface area contributed by atoms with Crippen LogP contribution in [0.2, 0.25) is 0 Å². The molecule has 0 aromatic carbocycles. The van der Waals surface area contributed by atoms with E-state index in [1.807, 2.05) is 4.90 Å². The Morgan fingerprint density at radius 1 is 1.39 bits per heavy atom. The number of amides is 2. The van der Waals surface area contributed by atoms with E-state index in [2.05, 4.69) is 37.9 Å². The molecule has 4 heteroatoms. The number of rotatable bonds is 6. The minimum Gasteiger partial charge on any atom is -0.336 e. The molecule has 1 fully saturated rings. The molecule has 0 saturated carbocycles. The number of likely N-dealkylation sites (N-methyl/N-ethyl adjacent to an activating group) is 1. The van der Waals surface area contributed by atoms with E-state index in [4.69, 9.17) is 0 Å². The average molecular weight is 255 g/mol. The molecule has 1 heterocycles. The zero-order valence-corrected chi connectivity index (χ0v) is 12.4. The lowest BCUT2D eigenvalue weighted by molar-refractivity contribution is 0.190. The molecule has 2 atom stereocenters. The first-order valence-corrected chi connectivity index (χ1v) is 7.41. The highest BCUT2D eigenvalue weighted by atomic mass is 16.2. The number of urea groups is 1. The van der Waals surface area contributed by atoms with Crippen molar-refractivity contribution >= 4 is 6.03 Å². The summed E-state index contributed by atoms with van der Waals surface area (Å²) in [6.45, 7) is 12.5. The van der Waals surface area contributed by atoms with Gasteiger partial charge in [0.05, 0.1) is 0 Å². The summed E-state index contributed by atoms with van der Waals surface area (Å²) in [6.07, 6.45) is 3.28. The van der Waals surface area contributed by atoms with Gasteiger partial charge in [-0.2, -0.15) is 0 Å². The summed E-state index contributed by atoms with van der Waals surface area (Å²) in [4.78, 5) is 16.5. The summed E-state index contributed by atoms with van der Waals surface area (Å²) in [5.41, 5.74) is 0. The molecular weight excluding hydrogens is 226 g/mol. The first-order valence-electron chi connectivity index (χ1n) is 7.41. The summed E-state index contributed by atoms with van der Waals surface area (Å²) >= 11 is 0. The highest BCUT2D eigenvalue weighted by Crippen LogP contribution is 2.15. The van der Waals surface area contributed by atoms with Gasteiger partial charge < -0.3 is 10.2 Å². The number of nitrogens with zero attached hydrogens (tertiary/aromatic N) is 2. The van der Waals surface area contributed by atoms with Crippen molar-refractivity contribution in [2.45, 2.75) is 59.0 Å². The zero-order valence-electron chi connectivity index (χ0n) is 12.4. The Labute approximate surface area is 112 Å². The van der Waals surface area contributed by atoms with Gasteiger partial charge in [-0.05, 0) is 32.9 Å². The molecule has 1 aliphatic heterocycles. The van der Waals surface area contributed by atoms with Crippen LogP contribution in [0, 0.1) is 0 Å². The van der Waals surface area contributed by atoms with E-state index in [1.165, 1.54) is 0 Å². The number of hydrogen-bond acceptors (Lipinski definition) is 2. The molecule has 1 rings (SSSR count). The number of nitrogens with one attached hydrogen (secondary N) is 1. The Bertz CT molecular complexity index is 253. The van der Waals surface area contributed by atoms with Gasteiger partial charge in [0, 0.05) is 25.2 Å². The number of likely N-dealkylation sites (tertiary alicyclic amines) is 1. The molecule has 0 aromatic heterocycles. The minimum atomic E-state index is 0.116. The van der Waals surface area contributed by atoms with Gasteiger partial charge in [0.15, 0.2) is 0 Å². The lowest BCUT2D eigenvalue weighted by atomic mass is 10.2. The van der Waals surface area contributed by atoms with Crippen molar-refractivity contribution in [1.82, 2.24) is 15.1 Å². The van der Waals surface area contributed by atoms with Crippen LogP contribution in [0.15, 0.2) is 0 Å². The van der Waals surface area contributed by atoms with Crippen molar-refractivity contribution in [3.63, 3.8) is 0 Å². The van der Waals surface area contributed by atoms with Crippen LogP contribution in [0.3, 0.4) is 0 Å². The van der Waals surface area contributed by atoms with E-state index >= 15 is 0 Å². The molecule has 0 aromatic rings. The van der Waals surface area contributed by atoms with Crippen LogP contribution in [0.5, 0.6) is 0 Å². The Morgan fingerprint density at radius 3 is 2.61 bits per heavy atom. The van der Waals surface area contributed by atoms with Crippen LogP contribution in [0.1, 0.15) is 47.0 Å². The van der Waals surface area contributed by atoms with Crippen LogP contribution in [0.25, 0.3) is 0 Å². The van der Waals surface area contributed by atoms with Gasteiger partial charge in [0.1, 0.15) is 0 Å². The Morgan fingerprint density at radius 2 is 2.06 bits per heavy atom. The van der Waals surface area contributed by atoms with E-state index < -0.39 is 0 Å². The van der Waals surface area contributed by atoms with Gasteiger partial charge in [-0.25, -0.2) is 4.79 Å². The SMILES string of the molecule is CCC[C@H](C)NC(=O)N1CC[C@@H](N(CC)CC)C1. The van der Waals surface area contributed by atoms with E-state index in [-0.39, 0.29) is 12.1 Å². The second kappa shape index (κ2) is 7.62. The van der Waals surface area contributed by atoms with Crippen molar-refractivity contribution in [1.29, 1.82) is 0 Å². The first-order chi connectivity index (χ1) is 8.62. The van der Waals surface area contributed by atoms with E-state index in [0.29, 0.717) is 6.04 Å². The lowest BCUT2D eigenvalue weighted by Crippen LogP contribution is -2.44. The van der Waals surface area contributed by atoms with Gasteiger partial charge in [-0.1, -0.05) is 27.2 Å². The largest absolute Gasteiger partial charge is 0.336 e. The van der Waals surface area contributed by atoms with Crippen LogP contribution in [-0.4, -0.2) is 54.1 Å². The molecule has 2 amide bonds. The van der Waals surface area contributed by atoms with Gasteiger partial charge in [0.25, 0.3) is 0 Å². The molecule has 1 saturated heterocycles. The van der Waals surface area contributed by atoms with Gasteiger partial charge >= 0.3 is 6.03 Å². The fraction of sp³-hybridized carbons (Fsp3) is 0.929. The predicted octanol–water partition coefficient (Wildman–Crippen LogP) is 2.30. The number of carbonyl (C=O) groups is 1. The molecule has 1 N–H and O–H groups in total. The molecule has 0 bridgehead atoms. The second-order valence-electron chi connectivity index (χ2n) is 5.25. The van der Waals surface area contributed by atoms with Crippen molar-refractivity contribution in [2.24, 2.45) is 0 Å². The maximum atomic E-state index is 12.1. The van der Waals surface area contributed by atoms with Gasteiger partial charge in [-0.15, -0.1) is 0 Å². The standard InChI is InChI=1S/C14H29N3O/c1-5-8-12(4)15-14(18)17-10-9-13(11-17)16(6-2)7-3/h12-13H,5-11H2,1-4H3,(H,15,18)/t12-,13+/m0/s1. The molecule has 0 aliphatic carbocycles. The summed E-state index contributed by atoms with van der Waals surface area (Å²) in [5, 5.41) is 3.09. The van der Waals surface area contributed by atoms with Crippen molar-refractivity contribution in [3.8, 4) is 0 Å². The van der Waals surface area contributed by atoms with Crippen molar-refractivity contribution < 1.29 is 4.79 Å². The third-order valence-corrected chi connectivity index (χ3v) is 3.87. The summed E-state index contributed by atoms with van der Waals surface area (Å²) < 4.78 is 0.